The van der Waals surface area contributed by atoms with Gasteiger partial charge in [0.15, 0.2) is 0 Å². The Morgan fingerprint density at radius 1 is 1.12 bits per heavy atom. The summed E-state index contributed by atoms with van der Waals surface area (Å²) in [5.74, 6) is -2.68. The van der Waals surface area contributed by atoms with Gasteiger partial charge in [0.05, 0.1) is 0 Å². The molecule has 0 spiro atoms. The first kappa shape index (κ1) is 14.4. The van der Waals surface area contributed by atoms with E-state index in [2.05, 4.69) is 9.47 Å². The molecule has 0 fully saturated rings. The molecule has 0 aliphatic carbocycles. The number of rotatable bonds is 5. The van der Waals surface area contributed by atoms with Crippen LogP contribution >= 0.6 is 0 Å². The first-order chi connectivity index (χ1) is 7.42. The van der Waals surface area contributed by atoms with Crippen LogP contribution in [0, 0.1) is 0 Å². The Morgan fingerprint density at radius 2 is 1.56 bits per heavy atom. The Labute approximate surface area is 93.5 Å². The highest BCUT2D eigenvalue weighted by atomic mass is 16.6. The molecule has 0 aromatic carbocycles. The number of hydrogen-bond donors (Lipinski definition) is 2. The molecule has 0 aromatic rings. The number of aliphatic hydroxyl groups excluding tert-OH is 2. The summed E-state index contributed by atoms with van der Waals surface area (Å²) < 4.78 is 9.06. The van der Waals surface area contributed by atoms with Crippen molar-refractivity contribution in [3.63, 3.8) is 0 Å². The van der Waals surface area contributed by atoms with E-state index in [4.69, 9.17) is 0 Å². The lowest BCUT2D eigenvalue weighted by Gasteiger charge is -2.12. The van der Waals surface area contributed by atoms with Crippen molar-refractivity contribution in [2.45, 2.75) is 39.7 Å². The summed E-state index contributed by atoms with van der Waals surface area (Å²) in [7, 11) is 0. The van der Waals surface area contributed by atoms with Gasteiger partial charge in [-0.05, 0) is 6.92 Å². The zero-order valence-corrected chi connectivity index (χ0v) is 9.52. The van der Waals surface area contributed by atoms with Crippen LogP contribution in [-0.4, -0.2) is 28.3 Å². The molecule has 2 N–H and O–H groups in total. The van der Waals surface area contributed by atoms with Gasteiger partial charge in [-0.2, -0.15) is 0 Å². The molecular formula is C10H16O6. The van der Waals surface area contributed by atoms with Crippen LogP contribution in [0.25, 0.3) is 0 Å². The number of aliphatic hydroxyl groups is 2. The summed E-state index contributed by atoms with van der Waals surface area (Å²) in [5.41, 5.74) is 0. The van der Waals surface area contributed by atoms with Gasteiger partial charge in [-0.3, -0.25) is 9.59 Å². The van der Waals surface area contributed by atoms with E-state index < -0.39 is 29.7 Å². The third kappa shape index (κ3) is 4.79. The molecule has 0 aliphatic rings. The molecule has 0 radical (unpaired) electrons. The summed E-state index contributed by atoms with van der Waals surface area (Å²) in [6, 6.07) is 0. The lowest BCUT2D eigenvalue weighted by atomic mass is 10.3. The normalized spacial score (nSPS) is 13.8. The van der Waals surface area contributed by atoms with E-state index in [9.17, 15) is 19.8 Å². The fourth-order valence-corrected chi connectivity index (χ4v) is 0.733. The van der Waals surface area contributed by atoms with Crippen molar-refractivity contribution >= 4 is 11.9 Å². The maximum absolute atomic E-state index is 11.0. The third-order valence-electron chi connectivity index (χ3n) is 1.60. The average molecular weight is 232 g/mol. The molecule has 6 nitrogen and oxygen atoms in total. The van der Waals surface area contributed by atoms with Crippen molar-refractivity contribution < 1.29 is 29.3 Å². The molecule has 0 amide bonds. The van der Waals surface area contributed by atoms with Crippen molar-refractivity contribution in [2.75, 3.05) is 0 Å². The predicted molar refractivity (Wildman–Crippen MR) is 54.1 cm³/mol. The highest BCUT2D eigenvalue weighted by Gasteiger charge is 2.20. The molecule has 0 aliphatic heterocycles. The summed E-state index contributed by atoms with van der Waals surface area (Å²) in [6.07, 6.45) is -1.12. The minimum Gasteiger partial charge on any atom is -0.478 e. The van der Waals surface area contributed by atoms with Crippen molar-refractivity contribution in [2.24, 2.45) is 0 Å². The second-order valence-corrected chi connectivity index (χ2v) is 3.00. The average Bonchev–Trinajstić information content (AvgIpc) is 2.24. The molecule has 0 aromatic heterocycles. The molecule has 0 rings (SSSR count). The Bertz CT molecular complexity index is 292. The second kappa shape index (κ2) is 6.84. The van der Waals surface area contributed by atoms with Crippen LogP contribution in [0.4, 0.5) is 0 Å². The van der Waals surface area contributed by atoms with Gasteiger partial charge in [-0.15, -0.1) is 0 Å². The van der Waals surface area contributed by atoms with Gasteiger partial charge in [0.25, 0.3) is 0 Å². The van der Waals surface area contributed by atoms with Gasteiger partial charge in [-0.1, -0.05) is 13.8 Å². The number of carbonyl (C=O) groups excluding carboxylic acids is 2. The molecule has 1 unspecified atom stereocenters. The minimum absolute atomic E-state index is 0.0544. The summed E-state index contributed by atoms with van der Waals surface area (Å²) in [6.45, 7) is 4.36. The van der Waals surface area contributed by atoms with E-state index >= 15 is 0 Å². The molecule has 92 valence electrons. The standard InChI is InChI=1S/C10H16O6/c1-4-7(12)15-9(6(3)11)10(14)16-8(13)5-2/h6,11,14H,4-5H2,1-3H3/b10-9+. The lowest BCUT2D eigenvalue weighted by molar-refractivity contribution is -0.148. The van der Waals surface area contributed by atoms with Gasteiger partial charge >= 0.3 is 17.9 Å². The smallest absolute Gasteiger partial charge is 0.327 e. The SMILES string of the molecule is CCC(=O)O/C(O)=C(/OC(=O)CC)C(C)O. The van der Waals surface area contributed by atoms with Gasteiger partial charge in [0.2, 0.25) is 5.76 Å². The van der Waals surface area contributed by atoms with E-state index in [1.54, 1.807) is 6.92 Å². The van der Waals surface area contributed by atoms with E-state index in [0.717, 1.165) is 0 Å². The fraction of sp³-hybridized carbons (Fsp3) is 0.600. The van der Waals surface area contributed by atoms with Gasteiger partial charge in [0.1, 0.15) is 6.10 Å². The molecule has 0 heterocycles. The first-order valence-electron chi connectivity index (χ1n) is 4.94. The molecule has 1 atom stereocenters. The molecular weight excluding hydrogens is 216 g/mol. The lowest BCUT2D eigenvalue weighted by Crippen LogP contribution is -2.17. The van der Waals surface area contributed by atoms with E-state index in [1.807, 2.05) is 0 Å². The van der Waals surface area contributed by atoms with Crippen molar-refractivity contribution in [1.82, 2.24) is 0 Å². The van der Waals surface area contributed by atoms with E-state index in [-0.39, 0.29) is 12.8 Å². The van der Waals surface area contributed by atoms with Gasteiger partial charge in [0, 0.05) is 12.8 Å². The fourth-order valence-electron chi connectivity index (χ4n) is 0.733. The Kier molecular flexibility index (Phi) is 6.17. The summed E-state index contributed by atoms with van der Waals surface area (Å²) >= 11 is 0. The topological polar surface area (TPSA) is 93.1 Å². The van der Waals surface area contributed by atoms with Crippen LogP contribution in [0.15, 0.2) is 11.7 Å². The first-order valence-corrected chi connectivity index (χ1v) is 4.94. The second-order valence-electron chi connectivity index (χ2n) is 3.00. The minimum atomic E-state index is -1.25. The summed E-state index contributed by atoms with van der Waals surface area (Å²) in [4.78, 5) is 21.8. The predicted octanol–water partition coefficient (Wildman–Crippen LogP) is 1.00. The van der Waals surface area contributed by atoms with Crippen LogP contribution in [-0.2, 0) is 19.1 Å². The zero-order chi connectivity index (χ0) is 12.7. The van der Waals surface area contributed by atoms with Crippen LogP contribution in [0.3, 0.4) is 0 Å². The highest BCUT2D eigenvalue weighted by Crippen LogP contribution is 2.12. The number of carbonyl (C=O) groups is 2. The quantitative estimate of drug-likeness (QED) is 0.542. The molecule has 16 heavy (non-hydrogen) atoms. The zero-order valence-electron chi connectivity index (χ0n) is 9.52. The van der Waals surface area contributed by atoms with Crippen LogP contribution < -0.4 is 0 Å². The van der Waals surface area contributed by atoms with E-state index in [0.29, 0.717) is 0 Å². The largest absolute Gasteiger partial charge is 0.478 e. The van der Waals surface area contributed by atoms with E-state index in [1.165, 1.54) is 13.8 Å². The number of hydrogen-bond acceptors (Lipinski definition) is 6. The van der Waals surface area contributed by atoms with Crippen LogP contribution in [0.1, 0.15) is 33.6 Å². The number of esters is 2. The molecule has 6 heteroatoms. The maximum atomic E-state index is 11.0. The Hall–Kier alpha value is -1.56. The van der Waals surface area contributed by atoms with Gasteiger partial charge in [-0.25, -0.2) is 0 Å². The number of ether oxygens (including phenoxy) is 2. The third-order valence-corrected chi connectivity index (χ3v) is 1.60. The Balaban J connectivity index is 4.78. The van der Waals surface area contributed by atoms with Crippen LogP contribution in [0.2, 0.25) is 0 Å². The maximum Gasteiger partial charge on any atom is 0.327 e. The molecule has 0 saturated carbocycles. The highest BCUT2D eigenvalue weighted by molar-refractivity contribution is 5.71. The summed E-state index contributed by atoms with van der Waals surface area (Å²) in [5, 5.41) is 18.6. The molecule has 0 saturated heterocycles. The van der Waals surface area contributed by atoms with Crippen molar-refractivity contribution in [3.8, 4) is 0 Å². The van der Waals surface area contributed by atoms with Crippen LogP contribution in [0.5, 0.6) is 0 Å². The monoisotopic (exact) mass is 232 g/mol. The van der Waals surface area contributed by atoms with Gasteiger partial charge < -0.3 is 19.7 Å². The Morgan fingerprint density at radius 3 is 1.94 bits per heavy atom. The molecule has 0 bridgehead atoms. The van der Waals surface area contributed by atoms with Crippen molar-refractivity contribution in [3.05, 3.63) is 11.7 Å². The van der Waals surface area contributed by atoms with Crippen molar-refractivity contribution in [1.29, 1.82) is 0 Å².